The van der Waals surface area contributed by atoms with Crippen LogP contribution >= 0.6 is 12.4 Å². The maximum atomic E-state index is 12.5. The van der Waals surface area contributed by atoms with Crippen LogP contribution in [0, 0.1) is 0 Å². The number of hydrogen-bond acceptors (Lipinski definition) is 4. The second-order valence-electron chi connectivity index (χ2n) is 6.37. The van der Waals surface area contributed by atoms with Crippen LogP contribution in [0.15, 0.2) is 29.2 Å². The van der Waals surface area contributed by atoms with Gasteiger partial charge in [-0.15, -0.1) is 12.4 Å². The maximum Gasteiger partial charge on any atom is 0.243 e. The van der Waals surface area contributed by atoms with Crippen LogP contribution in [0.4, 0.5) is 0 Å². The molecule has 0 bridgehead atoms. The molecule has 1 heterocycles. The van der Waals surface area contributed by atoms with Crippen molar-refractivity contribution in [3.63, 3.8) is 0 Å². The van der Waals surface area contributed by atoms with Crippen LogP contribution in [0.3, 0.4) is 0 Å². The third-order valence-corrected chi connectivity index (χ3v) is 6.78. The summed E-state index contributed by atoms with van der Waals surface area (Å²) in [5, 5.41) is 3.28. The van der Waals surface area contributed by atoms with Crippen molar-refractivity contribution in [2.45, 2.75) is 44.6 Å². The highest BCUT2D eigenvalue weighted by Crippen LogP contribution is 2.17. The quantitative estimate of drug-likeness (QED) is 0.754. The molecule has 1 fully saturated rings. The highest BCUT2D eigenvalue weighted by Gasteiger charge is 2.23. The van der Waals surface area contributed by atoms with E-state index in [1.165, 1.54) is 4.31 Å². The molecule has 1 aromatic rings. The Bertz CT molecular complexity index is 675. The zero-order chi connectivity index (χ0) is 18.4. The SMILES string of the molecule is CCN(CC)S(=O)(=O)c1ccc(CCC(=O)N2CCNCC2C)cc1.Cl. The predicted molar refractivity (Wildman–Crippen MR) is 106 cm³/mol. The van der Waals surface area contributed by atoms with Crippen molar-refractivity contribution in [2.75, 3.05) is 32.7 Å². The number of carbonyl (C=O) groups excluding carboxylic acids is 1. The first-order valence-electron chi connectivity index (χ1n) is 8.99. The van der Waals surface area contributed by atoms with Crippen LogP contribution in [0.5, 0.6) is 0 Å². The number of rotatable bonds is 7. The Balaban J connectivity index is 0.00000338. The van der Waals surface area contributed by atoms with Crippen LogP contribution in [0.1, 0.15) is 32.8 Å². The second kappa shape index (κ2) is 10.3. The molecular weight excluding hydrogens is 374 g/mol. The summed E-state index contributed by atoms with van der Waals surface area (Å²) in [4.78, 5) is 14.6. The molecule has 1 aliphatic rings. The van der Waals surface area contributed by atoms with Crippen molar-refractivity contribution in [1.82, 2.24) is 14.5 Å². The lowest BCUT2D eigenvalue weighted by Crippen LogP contribution is -2.52. The van der Waals surface area contributed by atoms with E-state index in [1.54, 1.807) is 12.1 Å². The number of nitrogens with one attached hydrogen (secondary N) is 1. The summed E-state index contributed by atoms with van der Waals surface area (Å²) in [6.45, 7) is 9.06. The van der Waals surface area contributed by atoms with Crippen molar-refractivity contribution in [3.05, 3.63) is 29.8 Å². The fraction of sp³-hybridized carbons (Fsp3) is 0.611. The van der Waals surface area contributed by atoms with Gasteiger partial charge in [-0.1, -0.05) is 26.0 Å². The van der Waals surface area contributed by atoms with Crippen molar-refractivity contribution in [1.29, 1.82) is 0 Å². The molecule has 1 saturated heterocycles. The lowest BCUT2D eigenvalue weighted by atomic mass is 10.1. The summed E-state index contributed by atoms with van der Waals surface area (Å²) in [7, 11) is -3.42. The lowest BCUT2D eigenvalue weighted by molar-refractivity contribution is -0.133. The van der Waals surface area contributed by atoms with Gasteiger partial charge in [0.05, 0.1) is 4.90 Å². The zero-order valence-corrected chi connectivity index (χ0v) is 17.4. The topological polar surface area (TPSA) is 69.7 Å². The molecule has 1 N–H and O–H groups in total. The fourth-order valence-corrected chi connectivity index (χ4v) is 4.61. The molecule has 148 valence electrons. The number of carbonyl (C=O) groups is 1. The molecule has 8 heteroatoms. The average molecular weight is 404 g/mol. The van der Waals surface area contributed by atoms with Crippen LogP contribution in [0.25, 0.3) is 0 Å². The van der Waals surface area contributed by atoms with Crippen LogP contribution in [-0.4, -0.2) is 62.3 Å². The van der Waals surface area contributed by atoms with Crippen LogP contribution in [0.2, 0.25) is 0 Å². The standard InChI is InChI=1S/C18H29N3O3S.ClH/c1-4-20(5-2)25(23,24)17-9-6-16(7-10-17)8-11-18(22)21-13-12-19-14-15(21)3;/h6-7,9-10,15,19H,4-5,8,11-14H2,1-3H3;1H. The summed E-state index contributed by atoms with van der Waals surface area (Å²) in [6.07, 6.45) is 1.08. The Kier molecular flexibility index (Phi) is 9.03. The molecular formula is C18H30ClN3O3S. The van der Waals surface area contributed by atoms with Gasteiger partial charge in [-0.25, -0.2) is 8.42 Å². The van der Waals surface area contributed by atoms with Gasteiger partial charge in [0, 0.05) is 45.2 Å². The highest BCUT2D eigenvalue weighted by molar-refractivity contribution is 7.89. The molecule has 0 aromatic heterocycles. The first-order chi connectivity index (χ1) is 11.9. The van der Waals surface area contributed by atoms with Gasteiger partial charge in [0.25, 0.3) is 0 Å². The first kappa shape index (κ1) is 22.9. The number of aryl methyl sites for hydroxylation is 1. The van der Waals surface area contributed by atoms with Crippen molar-refractivity contribution in [3.8, 4) is 0 Å². The summed E-state index contributed by atoms with van der Waals surface area (Å²) in [5.74, 6) is 0.161. The van der Waals surface area contributed by atoms with Gasteiger partial charge in [0.2, 0.25) is 15.9 Å². The third kappa shape index (κ3) is 5.42. The largest absolute Gasteiger partial charge is 0.337 e. The molecule has 2 rings (SSSR count). The number of amides is 1. The van der Waals surface area contributed by atoms with E-state index in [2.05, 4.69) is 12.2 Å². The van der Waals surface area contributed by atoms with Crippen molar-refractivity contribution < 1.29 is 13.2 Å². The molecule has 1 unspecified atom stereocenters. The molecule has 1 aliphatic heterocycles. The molecule has 1 amide bonds. The molecule has 0 spiro atoms. The maximum absolute atomic E-state index is 12.5. The number of hydrogen-bond donors (Lipinski definition) is 1. The molecule has 0 radical (unpaired) electrons. The molecule has 1 atom stereocenters. The Morgan fingerprint density at radius 2 is 1.85 bits per heavy atom. The number of piperazine rings is 1. The van der Waals surface area contributed by atoms with Crippen molar-refractivity contribution >= 4 is 28.3 Å². The number of nitrogens with zero attached hydrogens (tertiary/aromatic N) is 2. The van der Waals surface area contributed by atoms with Gasteiger partial charge in [-0.3, -0.25) is 4.79 Å². The van der Waals surface area contributed by atoms with E-state index in [9.17, 15) is 13.2 Å². The molecule has 0 aliphatic carbocycles. The minimum absolute atomic E-state index is 0. The summed E-state index contributed by atoms with van der Waals surface area (Å²) in [5.41, 5.74) is 0.981. The van der Waals surface area contributed by atoms with E-state index in [0.29, 0.717) is 30.8 Å². The Labute approximate surface area is 163 Å². The van der Waals surface area contributed by atoms with E-state index >= 15 is 0 Å². The van der Waals surface area contributed by atoms with Crippen LogP contribution < -0.4 is 5.32 Å². The molecule has 1 aromatic carbocycles. The van der Waals surface area contributed by atoms with Gasteiger partial charge in [-0.2, -0.15) is 4.31 Å². The Hall–Kier alpha value is -1.15. The predicted octanol–water partition coefficient (Wildman–Crippen LogP) is 1.89. The van der Waals surface area contributed by atoms with Gasteiger partial charge in [0.1, 0.15) is 0 Å². The van der Waals surface area contributed by atoms with E-state index in [1.807, 2.05) is 30.9 Å². The normalized spacial score (nSPS) is 17.8. The van der Waals surface area contributed by atoms with Crippen molar-refractivity contribution in [2.24, 2.45) is 0 Å². The van der Waals surface area contributed by atoms with E-state index in [4.69, 9.17) is 0 Å². The Morgan fingerprint density at radius 3 is 2.38 bits per heavy atom. The number of halogens is 1. The monoisotopic (exact) mass is 403 g/mol. The highest BCUT2D eigenvalue weighted by atomic mass is 35.5. The fourth-order valence-electron chi connectivity index (χ4n) is 3.15. The van der Waals surface area contributed by atoms with Gasteiger partial charge < -0.3 is 10.2 Å². The first-order valence-corrected chi connectivity index (χ1v) is 10.4. The molecule has 6 nitrogen and oxygen atoms in total. The summed E-state index contributed by atoms with van der Waals surface area (Å²) >= 11 is 0. The minimum atomic E-state index is -3.42. The second-order valence-corrected chi connectivity index (χ2v) is 8.31. The van der Waals surface area contributed by atoms with Gasteiger partial charge in [-0.05, 0) is 31.0 Å². The average Bonchev–Trinajstić information content (AvgIpc) is 2.61. The van der Waals surface area contributed by atoms with E-state index in [0.717, 1.165) is 25.2 Å². The van der Waals surface area contributed by atoms with E-state index in [-0.39, 0.29) is 24.4 Å². The summed E-state index contributed by atoms with van der Waals surface area (Å²) in [6, 6.07) is 7.13. The Morgan fingerprint density at radius 1 is 1.23 bits per heavy atom. The zero-order valence-electron chi connectivity index (χ0n) is 15.8. The third-order valence-electron chi connectivity index (χ3n) is 4.72. The number of benzene rings is 1. The van der Waals surface area contributed by atoms with Gasteiger partial charge >= 0.3 is 0 Å². The molecule has 0 saturated carbocycles. The van der Waals surface area contributed by atoms with Crippen LogP contribution in [-0.2, 0) is 21.2 Å². The number of sulfonamides is 1. The van der Waals surface area contributed by atoms with E-state index < -0.39 is 10.0 Å². The van der Waals surface area contributed by atoms with Gasteiger partial charge in [0.15, 0.2) is 0 Å². The smallest absolute Gasteiger partial charge is 0.243 e. The summed E-state index contributed by atoms with van der Waals surface area (Å²) < 4.78 is 26.4. The minimum Gasteiger partial charge on any atom is -0.337 e. The lowest BCUT2D eigenvalue weighted by Gasteiger charge is -2.34. The molecule has 26 heavy (non-hydrogen) atoms.